The molecule has 0 aliphatic carbocycles. The molecule has 58 valence electrons. The molecule has 0 aromatic heterocycles. The summed E-state index contributed by atoms with van der Waals surface area (Å²) in [4.78, 5) is 0. The molecule has 0 amide bonds. The molecule has 0 unspecified atom stereocenters. The Kier molecular flexibility index (Phi) is 43.1. The van der Waals surface area contributed by atoms with Crippen LogP contribution in [0.2, 0.25) is 0 Å². The molecule has 0 aromatic rings. The molecule has 0 saturated heterocycles. The average Bonchev–Trinajstić information content (AvgIpc) is 0.722. The van der Waals surface area contributed by atoms with Crippen molar-refractivity contribution in [3.05, 3.63) is 0 Å². The largest absolute Gasteiger partial charge is 1.00 e. The zero-order chi connectivity index (χ0) is 4.50. The Morgan fingerprint density at radius 2 is 1.11 bits per heavy atom. The summed E-state index contributed by atoms with van der Waals surface area (Å²) in [5, 5.41) is 0. The fraction of sp³-hybridized carbons (Fsp3) is 0. The van der Waals surface area contributed by atoms with E-state index in [0.29, 0.717) is 0 Å². The van der Waals surface area contributed by atoms with Gasteiger partial charge in [0.25, 0.3) is 0 Å². The van der Waals surface area contributed by atoms with E-state index in [9.17, 15) is 0 Å². The number of rotatable bonds is 0. The minimum absolute atomic E-state index is 0. The number of hydrogen-bond acceptors (Lipinski definition) is 2. The molecule has 0 atom stereocenters. The van der Waals surface area contributed by atoms with Gasteiger partial charge in [-0.2, -0.15) is 8.42 Å². The van der Waals surface area contributed by atoms with E-state index < -0.39 is 10.4 Å². The third-order valence-electron chi connectivity index (χ3n) is 0. The van der Waals surface area contributed by atoms with Crippen molar-refractivity contribution in [2.45, 2.75) is 0 Å². The van der Waals surface area contributed by atoms with Crippen molar-refractivity contribution in [3.63, 3.8) is 0 Å². The molecule has 0 fully saturated rings. The first-order valence-corrected chi connectivity index (χ1v) is 2.10. The van der Waals surface area contributed by atoms with Crippen molar-refractivity contribution < 1.29 is 101 Å². The summed E-state index contributed by atoms with van der Waals surface area (Å²) in [6.07, 6.45) is 0. The monoisotopic (exact) mass is 366 g/mol. The van der Waals surface area contributed by atoms with Gasteiger partial charge in [-0.1, -0.05) is 0 Å². The molecular formula is H7KO6OsS. The molecule has 0 aliphatic heterocycles. The van der Waals surface area contributed by atoms with E-state index in [1.165, 1.54) is 0 Å². The fourth-order valence-corrected chi connectivity index (χ4v) is 0. The van der Waals surface area contributed by atoms with Crippen LogP contribution in [0.5, 0.6) is 0 Å². The van der Waals surface area contributed by atoms with Crippen LogP contribution in [0.3, 0.4) is 0 Å². The summed E-state index contributed by atoms with van der Waals surface area (Å²) in [6.45, 7) is 0. The predicted molar refractivity (Wildman–Crippen MR) is 22.5 cm³/mol. The molecule has 0 radical (unpaired) electrons. The molecule has 9 heteroatoms. The van der Waals surface area contributed by atoms with Gasteiger partial charge < -0.3 is 12.4 Å². The number of hydrogen-bond donors (Lipinski definition) is 2. The Balaban J connectivity index is -0.00000000800. The summed E-state index contributed by atoms with van der Waals surface area (Å²) < 4.78 is 31.6. The fourth-order valence-electron chi connectivity index (χ4n) is 0. The quantitative estimate of drug-likeness (QED) is 0.328. The van der Waals surface area contributed by atoms with E-state index >= 15 is 0 Å². The standard InChI is InChI=1S/K.H2O4S.2H2O.Os.H/c;1-5(2,3)4;;;;/h;(H2,1,2,3,4);2*1H2;;/q+1;;;;;-1. The summed E-state index contributed by atoms with van der Waals surface area (Å²) in [7, 11) is -4.67. The topological polar surface area (TPSA) is 138 Å². The van der Waals surface area contributed by atoms with E-state index in [4.69, 9.17) is 17.5 Å². The zero-order valence-corrected chi connectivity index (χ0v) is 11.0. The SMILES string of the molecule is O.O.O=S(=O)(O)O.[H-].[K+].[Os]. The van der Waals surface area contributed by atoms with Crippen LogP contribution in [-0.4, -0.2) is 28.5 Å². The van der Waals surface area contributed by atoms with Crippen molar-refractivity contribution >= 4 is 10.4 Å². The Morgan fingerprint density at radius 1 is 1.11 bits per heavy atom. The molecule has 0 aliphatic rings. The van der Waals surface area contributed by atoms with Crippen LogP contribution in [0.4, 0.5) is 0 Å². The minimum Gasteiger partial charge on any atom is -1.00 e. The van der Waals surface area contributed by atoms with Crippen LogP contribution in [0.25, 0.3) is 0 Å². The second-order valence-electron chi connectivity index (χ2n) is 0.448. The maximum Gasteiger partial charge on any atom is 1.00 e. The van der Waals surface area contributed by atoms with Gasteiger partial charge in [-0.05, 0) is 0 Å². The van der Waals surface area contributed by atoms with Gasteiger partial charge in [-0.25, -0.2) is 0 Å². The maximum absolute atomic E-state index is 8.74. The van der Waals surface area contributed by atoms with E-state index in [2.05, 4.69) is 0 Å². The van der Waals surface area contributed by atoms with Gasteiger partial charge >= 0.3 is 61.8 Å². The summed E-state index contributed by atoms with van der Waals surface area (Å²) in [6, 6.07) is 0. The molecule has 0 heterocycles. The Morgan fingerprint density at radius 3 is 1.11 bits per heavy atom. The van der Waals surface area contributed by atoms with E-state index in [1.54, 1.807) is 0 Å². The molecular weight excluding hydrogens is 357 g/mol. The summed E-state index contributed by atoms with van der Waals surface area (Å²) >= 11 is 0. The molecule has 9 heavy (non-hydrogen) atoms. The predicted octanol–water partition coefficient (Wildman–Crippen LogP) is -5.19. The average molecular weight is 364 g/mol. The second kappa shape index (κ2) is 12.7. The van der Waals surface area contributed by atoms with Gasteiger partial charge in [0, 0.05) is 19.8 Å². The Bertz CT molecular complexity index is 101. The zero-order valence-electron chi connectivity index (χ0n) is 5.47. The van der Waals surface area contributed by atoms with E-state index in [-0.39, 0.29) is 83.6 Å². The van der Waals surface area contributed by atoms with Crippen LogP contribution >= 0.6 is 0 Å². The van der Waals surface area contributed by atoms with Crippen LogP contribution in [0.1, 0.15) is 1.43 Å². The minimum atomic E-state index is -4.67. The van der Waals surface area contributed by atoms with Crippen LogP contribution in [-0.2, 0) is 30.2 Å². The van der Waals surface area contributed by atoms with E-state index in [0.717, 1.165) is 0 Å². The first-order chi connectivity index (χ1) is 2.00. The molecule has 0 rings (SSSR count). The molecule has 6 N–H and O–H groups in total. The van der Waals surface area contributed by atoms with Gasteiger partial charge in [0.2, 0.25) is 0 Å². The van der Waals surface area contributed by atoms with Crippen LogP contribution in [0, 0.1) is 0 Å². The van der Waals surface area contributed by atoms with Crippen LogP contribution < -0.4 is 51.4 Å². The van der Waals surface area contributed by atoms with Crippen molar-refractivity contribution in [2.75, 3.05) is 0 Å². The molecule has 0 bridgehead atoms. The molecule has 0 saturated carbocycles. The van der Waals surface area contributed by atoms with Crippen molar-refractivity contribution in [2.24, 2.45) is 0 Å². The third-order valence-corrected chi connectivity index (χ3v) is 0. The maximum atomic E-state index is 8.74. The summed E-state index contributed by atoms with van der Waals surface area (Å²) in [5.74, 6) is 0. The van der Waals surface area contributed by atoms with Crippen molar-refractivity contribution in [1.29, 1.82) is 0 Å². The molecule has 0 spiro atoms. The van der Waals surface area contributed by atoms with Gasteiger partial charge in [-0.15, -0.1) is 0 Å². The molecule has 6 nitrogen and oxygen atoms in total. The first-order valence-electron chi connectivity index (χ1n) is 0.698. The second-order valence-corrected chi connectivity index (χ2v) is 1.34. The Labute approximate surface area is 110 Å². The Hall–Kier alpha value is 2.06. The van der Waals surface area contributed by atoms with Crippen molar-refractivity contribution in [1.82, 2.24) is 0 Å². The van der Waals surface area contributed by atoms with Crippen molar-refractivity contribution in [3.8, 4) is 0 Å². The third kappa shape index (κ3) is 154. The van der Waals surface area contributed by atoms with E-state index in [1.807, 2.05) is 0 Å². The van der Waals surface area contributed by atoms with Gasteiger partial charge in [0.1, 0.15) is 0 Å². The van der Waals surface area contributed by atoms with Gasteiger partial charge in [0.05, 0.1) is 0 Å². The normalized spacial score (nSPS) is 6.44. The van der Waals surface area contributed by atoms with Gasteiger partial charge in [-0.3, -0.25) is 9.11 Å². The van der Waals surface area contributed by atoms with Gasteiger partial charge in [0.15, 0.2) is 0 Å². The smallest absolute Gasteiger partial charge is 1.00 e. The first kappa shape index (κ1) is 30.5. The molecule has 0 aromatic carbocycles. The summed E-state index contributed by atoms with van der Waals surface area (Å²) in [5.41, 5.74) is 0. The van der Waals surface area contributed by atoms with Crippen LogP contribution in [0.15, 0.2) is 0 Å².